The first-order valence-corrected chi connectivity index (χ1v) is 8.78. The number of aromatic nitrogens is 3. The second-order valence-corrected chi connectivity index (χ2v) is 6.27. The van der Waals surface area contributed by atoms with Gasteiger partial charge in [-0.3, -0.25) is 4.98 Å². The molecule has 0 atom stereocenters. The van der Waals surface area contributed by atoms with E-state index in [9.17, 15) is 13.2 Å². The molecule has 0 saturated heterocycles. The summed E-state index contributed by atoms with van der Waals surface area (Å²) in [6, 6.07) is 19.6. The van der Waals surface area contributed by atoms with Gasteiger partial charge in [-0.2, -0.15) is 13.2 Å². The highest BCUT2D eigenvalue weighted by molar-refractivity contribution is 5.70. The second-order valence-electron chi connectivity index (χ2n) is 6.27. The summed E-state index contributed by atoms with van der Waals surface area (Å²) in [6.45, 7) is 0. The summed E-state index contributed by atoms with van der Waals surface area (Å²) in [5.41, 5.74) is 1.55. The number of nitrogens with one attached hydrogen (secondary N) is 1. The molecule has 2 aromatic heterocycles. The molecule has 4 rings (SSSR count). The SMILES string of the molecule is FC(F)(F)c1cccc(-c2cc(Nc3ccncc3)nc(-c3ccccc3)n2)c1. The number of alkyl halides is 3. The van der Waals surface area contributed by atoms with Crippen molar-refractivity contribution >= 4 is 11.5 Å². The molecule has 0 aliphatic heterocycles. The van der Waals surface area contributed by atoms with Gasteiger partial charge in [0.1, 0.15) is 5.82 Å². The van der Waals surface area contributed by atoms with E-state index in [4.69, 9.17) is 0 Å². The van der Waals surface area contributed by atoms with Gasteiger partial charge >= 0.3 is 6.18 Å². The minimum atomic E-state index is -4.43. The molecule has 144 valence electrons. The first-order valence-electron chi connectivity index (χ1n) is 8.78. The van der Waals surface area contributed by atoms with Crippen molar-refractivity contribution in [3.63, 3.8) is 0 Å². The van der Waals surface area contributed by atoms with Crippen molar-refractivity contribution in [2.75, 3.05) is 5.32 Å². The third-order valence-electron chi connectivity index (χ3n) is 4.20. The molecule has 4 nitrogen and oxygen atoms in total. The summed E-state index contributed by atoms with van der Waals surface area (Å²) in [7, 11) is 0. The lowest BCUT2D eigenvalue weighted by Crippen LogP contribution is -2.05. The van der Waals surface area contributed by atoms with Crippen LogP contribution in [0.1, 0.15) is 5.56 Å². The molecule has 0 bridgehead atoms. The lowest BCUT2D eigenvalue weighted by atomic mass is 10.1. The van der Waals surface area contributed by atoms with E-state index in [0.29, 0.717) is 22.9 Å². The van der Waals surface area contributed by atoms with Crippen LogP contribution >= 0.6 is 0 Å². The third-order valence-corrected chi connectivity index (χ3v) is 4.20. The average molecular weight is 392 g/mol. The number of rotatable bonds is 4. The smallest absolute Gasteiger partial charge is 0.340 e. The van der Waals surface area contributed by atoms with Crippen LogP contribution in [0, 0.1) is 0 Å². The van der Waals surface area contributed by atoms with Crippen molar-refractivity contribution in [2.45, 2.75) is 6.18 Å². The zero-order valence-electron chi connectivity index (χ0n) is 15.1. The standard InChI is InChI=1S/C22H15F3N4/c23-22(24,25)17-8-4-7-16(13-17)19-14-20(27-18-9-11-26-12-10-18)29-21(28-19)15-5-2-1-3-6-15/h1-14H,(H,26,27,28,29). The van der Waals surface area contributed by atoms with Crippen molar-refractivity contribution in [3.8, 4) is 22.6 Å². The Morgan fingerprint density at radius 2 is 1.45 bits per heavy atom. The molecule has 0 fully saturated rings. The predicted octanol–water partition coefficient (Wildman–Crippen LogP) is 5.97. The Morgan fingerprint density at radius 1 is 0.724 bits per heavy atom. The second kappa shape index (κ2) is 7.71. The molecule has 2 aromatic carbocycles. The van der Waals surface area contributed by atoms with E-state index < -0.39 is 11.7 Å². The van der Waals surface area contributed by atoms with Gasteiger partial charge < -0.3 is 5.32 Å². The molecule has 2 heterocycles. The maximum Gasteiger partial charge on any atom is 0.416 e. The first kappa shape index (κ1) is 18.6. The maximum atomic E-state index is 13.1. The van der Waals surface area contributed by atoms with E-state index in [1.165, 1.54) is 6.07 Å². The van der Waals surface area contributed by atoms with Gasteiger partial charge in [-0.1, -0.05) is 42.5 Å². The van der Waals surface area contributed by atoms with Crippen LogP contribution in [0.3, 0.4) is 0 Å². The average Bonchev–Trinajstić information content (AvgIpc) is 2.74. The minimum Gasteiger partial charge on any atom is -0.340 e. The summed E-state index contributed by atoms with van der Waals surface area (Å²) < 4.78 is 39.4. The van der Waals surface area contributed by atoms with Crippen molar-refractivity contribution in [3.05, 3.63) is 90.8 Å². The molecule has 0 spiro atoms. The summed E-state index contributed by atoms with van der Waals surface area (Å²) in [6.07, 6.45) is -1.16. The van der Waals surface area contributed by atoms with Crippen molar-refractivity contribution in [1.29, 1.82) is 0 Å². The zero-order chi connectivity index (χ0) is 20.3. The van der Waals surface area contributed by atoms with Gasteiger partial charge in [-0.05, 0) is 24.3 Å². The fourth-order valence-electron chi connectivity index (χ4n) is 2.81. The third kappa shape index (κ3) is 4.40. The number of halogens is 3. The van der Waals surface area contributed by atoms with E-state index >= 15 is 0 Å². The Bertz CT molecular complexity index is 1110. The Morgan fingerprint density at radius 3 is 2.17 bits per heavy atom. The molecular weight excluding hydrogens is 377 g/mol. The molecule has 1 N–H and O–H groups in total. The zero-order valence-corrected chi connectivity index (χ0v) is 15.1. The monoisotopic (exact) mass is 392 g/mol. The van der Waals surface area contributed by atoms with Crippen LogP contribution < -0.4 is 5.32 Å². The number of benzene rings is 2. The molecule has 0 aliphatic rings. The Hall–Kier alpha value is -3.74. The molecule has 0 aliphatic carbocycles. The summed E-state index contributed by atoms with van der Waals surface area (Å²) in [4.78, 5) is 13.0. The summed E-state index contributed by atoms with van der Waals surface area (Å²) in [5.74, 6) is 0.884. The number of pyridine rings is 1. The quantitative estimate of drug-likeness (QED) is 0.465. The van der Waals surface area contributed by atoms with Crippen LogP contribution in [0.4, 0.5) is 24.7 Å². The molecule has 0 unspecified atom stereocenters. The van der Waals surface area contributed by atoms with Gasteiger partial charge in [0.2, 0.25) is 0 Å². The fraction of sp³-hybridized carbons (Fsp3) is 0.0455. The van der Waals surface area contributed by atoms with Crippen molar-refractivity contribution in [1.82, 2.24) is 15.0 Å². The van der Waals surface area contributed by atoms with Gasteiger partial charge in [0.05, 0.1) is 11.3 Å². The molecular formula is C22H15F3N4. The highest BCUT2D eigenvalue weighted by atomic mass is 19.4. The van der Waals surface area contributed by atoms with Gasteiger partial charge in [0, 0.05) is 35.3 Å². The molecule has 7 heteroatoms. The molecule has 4 aromatic rings. The molecule has 29 heavy (non-hydrogen) atoms. The van der Waals surface area contributed by atoms with Crippen LogP contribution in [0.25, 0.3) is 22.6 Å². The summed E-state index contributed by atoms with van der Waals surface area (Å²) >= 11 is 0. The number of hydrogen-bond donors (Lipinski definition) is 1. The topological polar surface area (TPSA) is 50.7 Å². The Labute approximate surface area is 165 Å². The van der Waals surface area contributed by atoms with Crippen LogP contribution in [0.15, 0.2) is 85.2 Å². The fourth-order valence-corrected chi connectivity index (χ4v) is 2.81. The van der Waals surface area contributed by atoms with Gasteiger partial charge in [-0.25, -0.2) is 9.97 Å². The van der Waals surface area contributed by atoms with Gasteiger partial charge in [-0.15, -0.1) is 0 Å². The van der Waals surface area contributed by atoms with E-state index in [1.54, 1.807) is 36.7 Å². The Balaban J connectivity index is 1.82. The number of nitrogens with zero attached hydrogens (tertiary/aromatic N) is 3. The largest absolute Gasteiger partial charge is 0.416 e. The highest BCUT2D eigenvalue weighted by Crippen LogP contribution is 2.33. The maximum absolute atomic E-state index is 13.1. The predicted molar refractivity (Wildman–Crippen MR) is 105 cm³/mol. The molecule has 0 radical (unpaired) electrons. The molecule has 0 amide bonds. The van der Waals surface area contributed by atoms with Crippen molar-refractivity contribution < 1.29 is 13.2 Å². The lowest BCUT2D eigenvalue weighted by Gasteiger charge is -2.12. The van der Waals surface area contributed by atoms with E-state index in [1.807, 2.05) is 30.3 Å². The van der Waals surface area contributed by atoms with Crippen LogP contribution in [0.5, 0.6) is 0 Å². The lowest BCUT2D eigenvalue weighted by molar-refractivity contribution is -0.137. The van der Waals surface area contributed by atoms with Crippen LogP contribution in [-0.4, -0.2) is 15.0 Å². The van der Waals surface area contributed by atoms with Gasteiger partial charge in [0.25, 0.3) is 0 Å². The first-order chi connectivity index (χ1) is 14.0. The van der Waals surface area contributed by atoms with E-state index in [-0.39, 0.29) is 0 Å². The normalized spacial score (nSPS) is 11.3. The number of hydrogen-bond acceptors (Lipinski definition) is 4. The van der Waals surface area contributed by atoms with Crippen molar-refractivity contribution in [2.24, 2.45) is 0 Å². The van der Waals surface area contributed by atoms with E-state index in [2.05, 4.69) is 20.3 Å². The van der Waals surface area contributed by atoms with E-state index in [0.717, 1.165) is 23.4 Å². The van der Waals surface area contributed by atoms with Crippen LogP contribution in [-0.2, 0) is 6.18 Å². The number of anilines is 2. The minimum absolute atomic E-state index is 0.359. The summed E-state index contributed by atoms with van der Waals surface area (Å²) in [5, 5.41) is 3.16. The molecule has 0 saturated carbocycles. The van der Waals surface area contributed by atoms with Gasteiger partial charge in [0.15, 0.2) is 5.82 Å². The highest BCUT2D eigenvalue weighted by Gasteiger charge is 2.30. The van der Waals surface area contributed by atoms with Crippen LogP contribution in [0.2, 0.25) is 0 Å². The Kier molecular flexibility index (Phi) is 4.95.